The van der Waals surface area contributed by atoms with Gasteiger partial charge in [0.15, 0.2) is 0 Å². The van der Waals surface area contributed by atoms with Crippen molar-refractivity contribution in [1.29, 1.82) is 0 Å². The van der Waals surface area contributed by atoms with Gasteiger partial charge in [-0.05, 0) is 38.5 Å². The molecule has 106 valence electrons. The minimum absolute atomic E-state index is 0.262. The Morgan fingerprint density at radius 3 is 2.63 bits per heavy atom. The molecular formula is C14H21FN2O2. The van der Waals surface area contributed by atoms with Crippen LogP contribution in [0.1, 0.15) is 32.4 Å². The molecule has 19 heavy (non-hydrogen) atoms. The molecule has 0 bridgehead atoms. The highest BCUT2D eigenvalue weighted by molar-refractivity contribution is 5.67. The number of nitrogens with two attached hydrogens (primary N) is 1. The molecule has 0 heterocycles. The van der Waals surface area contributed by atoms with Crippen LogP contribution in [0.25, 0.3) is 0 Å². The van der Waals surface area contributed by atoms with Crippen LogP contribution in [0.5, 0.6) is 0 Å². The van der Waals surface area contributed by atoms with Gasteiger partial charge in [0.1, 0.15) is 11.4 Å². The molecule has 0 aliphatic carbocycles. The third-order valence-electron chi connectivity index (χ3n) is 2.45. The van der Waals surface area contributed by atoms with E-state index in [-0.39, 0.29) is 12.4 Å². The van der Waals surface area contributed by atoms with Gasteiger partial charge >= 0.3 is 6.09 Å². The van der Waals surface area contributed by atoms with Crippen LogP contribution in [0.2, 0.25) is 0 Å². The van der Waals surface area contributed by atoms with E-state index in [2.05, 4.69) is 0 Å². The van der Waals surface area contributed by atoms with E-state index in [0.717, 1.165) is 0 Å². The van der Waals surface area contributed by atoms with Crippen molar-refractivity contribution >= 4 is 6.09 Å². The number of benzene rings is 1. The highest BCUT2D eigenvalue weighted by atomic mass is 19.1. The third kappa shape index (κ3) is 5.26. The van der Waals surface area contributed by atoms with Crippen molar-refractivity contribution in [3.63, 3.8) is 0 Å². The Bertz CT molecular complexity index is 443. The molecule has 0 saturated carbocycles. The van der Waals surface area contributed by atoms with Gasteiger partial charge < -0.3 is 15.4 Å². The molecule has 0 spiro atoms. The smallest absolute Gasteiger partial charge is 0.410 e. The van der Waals surface area contributed by atoms with Gasteiger partial charge in [-0.2, -0.15) is 0 Å². The van der Waals surface area contributed by atoms with E-state index in [9.17, 15) is 9.18 Å². The number of carbonyl (C=O) groups excluding carboxylic acids is 1. The van der Waals surface area contributed by atoms with E-state index >= 15 is 0 Å². The van der Waals surface area contributed by atoms with Crippen molar-refractivity contribution in [2.24, 2.45) is 5.73 Å². The molecule has 4 nitrogen and oxygen atoms in total. The number of halogens is 1. The van der Waals surface area contributed by atoms with Crippen LogP contribution < -0.4 is 5.73 Å². The maximum atomic E-state index is 13.1. The average molecular weight is 268 g/mol. The molecule has 0 aromatic heterocycles. The zero-order chi connectivity index (χ0) is 14.6. The number of hydrogen-bond donors (Lipinski definition) is 1. The maximum absolute atomic E-state index is 13.1. The Morgan fingerprint density at radius 2 is 2.11 bits per heavy atom. The molecule has 1 atom stereocenters. The molecular weight excluding hydrogens is 247 g/mol. The van der Waals surface area contributed by atoms with Gasteiger partial charge in [0.2, 0.25) is 0 Å². The summed E-state index contributed by atoms with van der Waals surface area (Å²) < 4.78 is 18.3. The van der Waals surface area contributed by atoms with E-state index in [4.69, 9.17) is 10.5 Å². The van der Waals surface area contributed by atoms with Gasteiger partial charge in [-0.1, -0.05) is 12.1 Å². The van der Waals surface area contributed by atoms with Crippen LogP contribution >= 0.6 is 0 Å². The second-order valence-corrected chi connectivity index (χ2v) is 5.52. The van der Waals surface area contributed by atoms with Crippen molar-refractivity contribution in [3.05, 3.63) is 35.6 Å². The monoisotopic (exact) mass is 268 g/mol. The van der Waals surface area contributed by atoms with Crippen molar-refractivity contribution < 1.29 is 13.9 Å². The minimum atomic E-state index is -0.547. The fourth-order valence-electron chi connectivity index (χ4n) is 1.55. The Hall–Kier alpha value is -1.62. The number of rotatable bonds is 3. The molecule has 1 aromatic rings. The molecule has 1 unspecified atom stereocenters. The fraction of sp³-hybridized carbons (Fsp3) is 0.500. The SMILES string of the molecule is CN(CC(N)c1cccc(F)c1)C(=O)OC(C)(C)C. The Morgan fingerprint density at radius 1 is 1.47 bits per heavy atom. The van der Waals surface area contributed by atoms with Crippen molar-refractivity contribution in [1.82, 2.24) is 4.90 Å². The van der Waals surface area contributed by atoms with E-state index < -0.39 is 17.7 Å². The van der Waals surface area contributed by atoms with Crippen LogP contribution in [0.4, 0.5) is 9.18 Å². The summed E-state index contributed by atoms with van der Waals surface area (Å²) in [4.78, 5) is 13.2. The summed E-state index contributed by atoms with van der Waals surface area (Å²) in [5, 5.41) is 0. The lowest BCUT2D eigenvalue weighted by Crippen LogP contribution is -2.38. The van der Waals surface area contributed by atoms with Gasteiger partial charge in [-0.3, -0.25) is 0 Å². The van der Waals surface area contributed by atoms with Crippen LogP contribution in [-0.4, -0.2) is 30.2 Å². The van der Waals surface area contributed by atoms with Crippen LogP contribution in [0.15, 0.2) is 24.3 Å². The summed E-state index contributed by atoms with van der Waals surface area (Å²) in [5.74, 6) is -0.340. The number of likely N-dealkylation sites (N-methyl/N-ethyl adjacent to an activating group) is 1. The summed E-state index contributed by atoms with van der Waals surface area (Å²) in [6.45, 7) is 5.65. The molecule has 1 aromatic carbocycles. The molecule has 0 aliphatic rings. The standard InChI is InChI=1S/C14H21FN2O2/c1-14(2,3)19-13(18)17(4)9-12(16)10-6-5-7-11(15)8-10/h5-8,12H,9,16H2,1-4H3. The number of amides is 1. The third-order valence-corrected chi connectivity index (χ3v) is 2.45. The first-order valence-electron chi connectivity index (χ1n) is 6.14. The molecule has 5 heteroatoms. The lowest BCUT2D eigenvalue weighted by atomic mass is 10.1. The predicted octanol–water partition coefficient (Wildman–Crippen LogP) is 2.69. The zero-order valence-electron chi connectivity index (χ0n) is 11.8. The topological polar surface area (TPSA) is 55.6 Å². The predicted molar refractivity (Wildman–Crippen MR) is 72.2 cm³/mol. The van der Waals surface area contributed by atoms with Crippen LogP contribution in [0.3, 0.4) is 0 Å². The Kier molecular flexibility index (Phi) is 4.89. The van der Waals surface area contributed by atoms with Gasteiger partial charge in [-0.15, -0.1) is 0 Å². The van der Waals surface area contributed by atoms with Gasteiger partial charge in [-0.25, -0.2) is 9.18 Å². The second kappa shape index (κ2) is 6.02. The summed E-state index contributed by atoms with van der Waals surface area (Å²) in [6.07, 6.45) is -0.445. The highest BCUT2D eigenvalue weighted by Crippen LogP contribution is 2.14. The van der Waals surface area contributed by atoms with Gasteiger partial charge in [0.05, 0.1) is 0 Å². The first kappa shape index (κ1) is 15.4. The molecule has 1 amide bonds. The highest BCUT2D eigenvalue weighted by Gasteiger charge is 2.21. The summed E-state index contributed by atoms with van der Waals surface area (Å²) >= 11 is 0. The first-order valence-corrected chi connectivity index (χ1v) is 6.14. The average Bonchev–Trinajstić information content (AvgIpc) is 2.26. The lowest BCUT2D eigenvalue weighted by Gasteiger charge is -2.26. The van der Waals surface area contributed by atoms with E-state index in [1.165, 1.54) is 17.0 Å². The molecule has 0 saturated heterocycles. The summed E-state index contributed by atoms with van der Waals surface area (Å²) in [6, 6.07) is 5.60. The molecule has 0 fully saturated rings. The van der Waals surface area contributed by atoms with Crippen LogP contribution in [-0.2, 0) is 4.74 Å². The largest absolute Gasteiger partial charge is 0.444 e. The zero-order valence-corrected chi connectivity index (χ0v) is 11.8. The lowest BCUT2D eigenvalue weighted by molar-refractivity contribution is 0.0289. The number of carbonyl (C=O) groups is 1. The number of hydrogen-bond acceptors (Lipinski definition) is 3. The van der Waals surface area contributed by atoms with Gasteiger partial charge in [0, 0.05) is 19.6 Å². The number of nitrogens with zero attached hydrogens (tertiary/aromatic N) is 1. The molecule has 2 N–H and O–H groups in total. The number of ether oxygens (including phenoxy) is 1. The molecule has 0 aliphatic heterocycles. The van der Waals surface area contributed by atoms with E-state index in [0.29, 0.717) is 5.56 Å². The second-order valence-electron chi connectivity index (χ2n) is 5.52. The van der Waals surface area contributed by atoms with E-state index in [1.807, 2.05) is 0 Å². The normalized spacial score (nSPS) is 12.9. The van der Waals surface area contributed by atoms with Crippen molar-refractivity contribution in [2.45, 2.75) is 32.4 Å². The Balaban J connectivity index is 2.61. The molecule has 0 radical (unpaired) electrons. The fourth-order valence-corrected chi connectivity index (χ4v) is 1.55. The van der Waals surface area contributed by atoms with Crippen LogP contribution in [0, 0.1) is 5.82 Å². The van der Waals surface area contributed by atoms with Gasteiger partial charge in [0.25, 0.3) is 0 Å². The first-order chi connectivity index (χ1) is 8.69. The minimum Gasteiger partial charge on any atom is -0.444 e. The summed E-state index contributed by atoms with van der Waals surface area (Å²) in [7, 11) is 1.60. The van der Waals surface area contributed by atoms with Crippen molar-refractivity contribution in [2.75, 3.05) is 13.6 Å². The quantitative estimate of drug-likeness (QED) is 0.917. The maximum Gasteiger partial charge on any atom is 0.410 e. The van der Waals surface area contributed by atoms with E-state index in [1.54, 1.807) is 40.0 Å². The summed E-state index contributed by atoms with van der Waals surface area (Å²) in [5.41, 5.74) is 6.05. The Labute approximate surface area is 113 Å². The van der Waals surface area contributed by atoms with Crippen molar-refractivity contribution in [3.8, 4) is 0 Å². The molecule has 1 rings (SSSR count).